The highest BCUT2D eigenvalue weighted by Gasteiger charge is 2.37. The van der Waals surface area contributed by atoms with Crippen LogP contribution in [0.25, 0.3) is 5.69 Å². The van der Waals surface area contributed by atoms with Crippen molar-refractivity contribution in [1.29, 1.82) is 0 Å². The van der Waals surface area contributed by atoms with Crippen LogP contribution in [0.5, 0.6) is 0 Å². The lowest BCUT2D eigenvalue weighted by molar-refractivity contribution is 0.114. The molecule has 0 bridgehead atoms. The first-order valence-corrected chi connectivity index (χ1v) is 9.54. The van der Waals surface area contributed by atoms with Gasteiger partial charge in [0.05, 0.1) is 11.8 Å². The number of nitrogens with zero attached hydrogens (tertiary/aromatic N) is 5. The molecule has 0 spiro atoms. The Kier molecular flexibility index (Phi) is 4.39. The number of aryl methyl sites for hydroxylation is 1. The summed E-state index contributed by atoms with van der Waals surface area (Å²) in [6.07, 6.45) is 2.78. The summed E-state index contributed by atoms with van der Waals surface area (Å²) in [7, 11) is 0. The second-order valence-electron chi connectivity index (χ2n) is 7.52. The molecule has 2 fully saturated rings. The molecule has 9 heteroatoms. The molecule has 1 aromatic carbocycles. The maximum Gasteiger partial charge on any atom is 0.248 e. The largest absolute Gasteiger partial charge is 0.376 e. The van der Waals surface area contributed by atoms with Crippen molar-refractivity contribution in [3.63, 3.8) is 0 Å². The van der Waals surface area contributed by atoms with Crippen LogP contribution in [0.4, 0.5) is 26.4 Å². The Morgan fingerprint density at radius 3 is 2.76 bits per heavy atom. The molecule has 0 saturated carbocycles. The summed E-state index contributed by atoms with van der Waals surface area (Å²) < 4.78 is 34.0. The highest BCUT2D eigenvalue weighted by molar-refractivity contribution is 5.55. The highest BCUT2D eigenvalue weighted by atomic mass is 19.1. The third-order valence-corrected chi connectivity index (χ3v) is 5.33. The molecule has 0 amide bonds. The van der Waals surface area contributed by atoms with Crippen LogP contribution in [0.2, 0.25) is 0 Å². The summed E-state index contributed by atoms with van der Waals surface area (Å²) in [5.74, 6) is 1.01. The lowest BCUT2D eigenvalue weighted by atomic mass is 10.1. The number of pyridine rings is 1. The van der Waals surface area contributed by atoms with Crippen LogP contribution in [-0.4, -0.2) is 45.5 Å². The van der Waals surface area contributed by atoms with Crippen LogP contribution in [-0.2, 0) is 4.74 Å². The molecule has 3 aromatic rings. The van der Waals surface area contributed by atoms with E-state index >= 15 is 0 Å². The van der Waals surface area contributed by atoms with Crippen molar-refractivity contribution in [2.75, 3.05) is 29.9 Å². The topological polar surface area (TPSA) is 68.1 Å². The summed E-state index contributed by atoms with van der Waals surface area (Å²) in [4.78, 5) is 11.1. The quantitative estimate of drug-likeness (QED) is 0.723. The maximum atomic E-state index is 13.4. The van der Waals surface area contributed by atoms with Crippen LogP contribution >= 0.6 is 0 Å². The number of hydrogen-bond donors (Lipinski definition) is 1. The van der Waals surface area contributed by atoms with Gasteiger partial charge in [-0.25, -0.2) is 18.4 Å². The third kappa shape index (κ3) is 3.65. The summed E-state index contributed by atoms with van der Waals surface area (Å²) >= 11 is 0. The molecule has 0 radical (unpaired) electrons. The minimum Gasteiger partial charge on any atom is -0.376 e. The van der Waals surface area contributed by atoms with Crippen molar-refractivity contribution in [2.45, 2.75) is 19.4 Å². The molecule has 2 aliphatic heterocycles. The monoisotopic (exact) mass is 400 g/mol. The van der Waals surface area contributed by atoms with E-state index in [1.165, 1.54) is 23.1 Å². The minimum atomic E-state index is -0.672. The van der Waals surface area contributed by atoms with Crippen LogP contribution in [0.3, 0.4) is 0 Å². The zero-order valence-corrected chi connectivity index (χ0v) is 15.8. The van der Waals surface area contributed by atoms with E-state index in [0.717, 1.165) is 43.6 Å². The summed E-state index contributed by atoms with van der Waals surface area (Å²) in [5.41, 5.74) is 1.31. The van der Waals surface area contributed by atoms with Crippen molar-refractivity contribution in [3.8, 4) is 5.69 Å². The molecule has 2 unspecified atom stereocenters. The second kappa shape index (κ2) is 7.07. The zero-order chi connectivity index (χ0) is 20.0. The van der Waals surface area contributed by atoms with Gasteiger partial charge in [-0.15, -0.1) is 5.10 Å². The summed E-state index contributed by atoms with van der Waals surface area (Å²) in [6, 6.07) is 7.15. The van der Waals surface area contributed by atoms with E-state index in [1.807, 2.05) is 19.1 Å². The Balaban J connectivity index is 0.00000218. The number of halogens is 2. The molecule has 1 N–H and O–H groups in total. The van der Waals surface area contributed by atoms with Gasteiger partial charge >= 0.3 is 0 Å². The number of fused-ring (bicyclic) bond motifs is 1. The van der Waals surface area contributed by atoms with Crippen LogP contribution in [0.1, 0.15) is 13.4 Å². The van der Waals surface area contributed by atoms with E-state index < -0.39 is 11.6 Å². The Bertz CT molecular complexity index is 1030. The van der Waals surface area contributed by atoms with Gasteiger partial charge in [-0.2, -0.15) is 4.98 Å². The molecular formula is C20H22F2N6O. The van der Waals surface area contributed by atoms with Crippen molar-refractivity contribution in [1.82, 2.24) is 19.7 Å². The van der Waals surface area contributed by atoms with E-state index in [9.17, 15) is 8.78 Å². The predicted octanol–water partition coefficient (Wildman–Crippen LogP) is 3.46. The molecule has 2 aromatic heterocycles. The van der Waals surface area contributed by atoms with Crippen molar-refractivity contribution >= 4 is 17.6 Å². The first-order valence-electron chi connectivity index (χ1n) is 9.54. The molecule has 152 valence electrons. The molecule has 4 heterocycles. The average Bonchev–Trinajstić information content (AvgIpc) is 3.36. The van der Waals surface area contributed by atoms with Gasteiger partial charge in [0.1, 0.15) is 29.6 Å². The van der Waals surface area contributed by atoms with E-state index in [1.54, 1.807) is 0 Å². The van der Waals surface area contributed by atoms with Crippen molar-refractivity contribution in [3.05, 3.63) is 53.9 Å². The minimum absolute atomic E-state index is 0. The lowest BCUT2D eigenvalue weighted by Crippen LogP contribution is -2.24. The fraction of sp³-hybridized carbons (Fsp3) is 0.350. The molecule has 5 rings (SSSR count). The third-order valence-electron chi connectivity index (χ3n) is 5.33. The number of ether oxygens (including phenoxy) is 1. The van der Waals surface area contributed by atoms with E-state index in [4.69, 9.17) is 9.72 Å². The Labute approximate surface area is 167 Å². The number of hydrogen-bond acceptors (Lipinski definition) is 6. The van der Waals surface area contributed by atoms with Crippen LogP contribution in [0, 0.1) is 24.5 Å². The fourth-order valence-electron chi connectivity index (χ4n) is 3.97. The average molecular weight is 400 g/mol. The smallest absolute Gasteiger partial charge is 0.248 e. The highest BCUT2D eigenvalue weighted by Crippen LogP contribution is 2.32. The number of benzene rings is 1. The number of aromatic nitrogens is 4. The normalized spacial score (nSPS) is 20.9. The number of anilines is 3. The standard InChI is InChI=1S/C20H20F2N6O.H2/c1-12-4-18(24-19(5-12)27-9-13-2-3-29-17(13)10-27)25-20-23-11-28(26-20)16-7-14(21)6-15(22)8-16;/h4-8,11,13,17H,2-3,9-10H2,1H3,(H,24,25,26);1H. The number of rotatable bonds is 4. The van der Waals surface area contributed by atoms with Crippen LogP contribution < -0.4 is 10.2 Å². The van der Waals surface area contributed by atoms with E-state index in [-0.39, 0.29) is 13.2 Å². The van der Waals surface area contributed by atoms with Gasteiger partial charge in [0.15, 0.2) is 0 Å². The van der Waals surface area contributed by atoms with Gasteiger partial charge in [0.2, 0.25) is 5.95 Å². The molecular weight excluding hydrogens is 378 g/mol. The van der Waals surface area contributed by atoms with Gasteiger partial charge in [-0.3, -0.25) is 0 Å². The second-order valence-corrected chi connectivity index (χ2v) is 7.52. The van der Waals surface area contributed by atoms with Gasteiger partial charge in [-0.05, 0) is 43.2 Å². The van der Waals surface area contributed by atoms with Gasteiger partial charge in [0.25, 0.3) is 0 Å². The fourth-order valence-corrected chi connectivity index (χ4v) is 3.97. The SMILES string of the molecule is Cc1cc(Nc2ncn(-c3cc(F)cc(F)c3)n2)nc(N2CC3CCOC3C2)c1.[HH]. The first-order chi connectivity index (χ1) is 14.0. The summed E-state index contributed by atoms with van der Waals surface area (Å²) in [6.45, 7) is 4.64. The van der Waals surface area contributed by atoms with Gasteiger partial charge < -0.3 is 15.0 Å². The Morgan fingerprint density at radius 2 is 1.97 bits per heavy atom. The Morgan fingerprint density at radius 1 is 1.14 bits per heavy atom. The first kappa shape index (κ1) is 18.0. The maximum absolute atomic E-state index is 13.4. The molecule has 7 nitrogen and oxygen atoms in total. The molecule has 2 atom stereocenters. The molecule has 2 saturated heterocycles. The van der Waals surface area contributed by atoms with Crippen molar-refractivity contribution < 1.29 is 14.9 Å². The van der Waals surface area contributed by atoms with Crippen molar-refractivity contribution in [2.24, 2.45) is 5.92 Å². The Hall–Kier alpha value is -3.07. The van der Waals surface area contributed by atoms with Crippen LogP contribution in [0.15, 0.2) is 36.7 Å². The van der Waals surface area contributed by atoms with E-state index in [2.05, 4.69) is 20.3 Å². The predicted molar refractivity (Wildman–Crippen MR) is 106 cm³/mol. The molecule has 29 heavy (non-hydrogen) atoms. The molecule has 0 aliphatic carbocycles. The lowest BCUT2D eigenvalue weighted by Gasteiger charge is -2.19. The molecule has 2 aliphatic rings. The zero-order valence-electron chi connectivity index (χ0n) is 15.8. The van der Waals surface area contributed by atoms with E-state index in [0.29, 0.717) is 17.7 Å². The summed E-state index contributed by atoms with van der Waals surface area (Å²) in [5, 5.41) is 7.33. The van der Waals surface area contributed by atoms with Gasteiger partial charge in [0, 0.05) is 33.1 Å². The van der Waals surface area contributed by atoms with Gasteiger partial charge in [-0.1, -0.05) is 0 Å². The number of nitrogens with one attached hydrogen (secondary N) is 1.